The van der Waals surface area contributed by atoms with Crippen LogP contribution >= 0.6 is 0 Å². The van der Waals surface area contributed by atoms with E-state index in [4.69, 9.17) is 15.6 Å². The predicted octanol–water partition coefficient (Wildman–Crippen LogP) is -7.75. The average molecular weight is 315 g/mol. The molecular weight excluding hydrogens is 300 g/mol. The molecule has 2 aromatic rings. The number of aliphatic hydroxyl groups excluding tert-OH is 3. The van der Waals surface area contributed by atoms with Gasteiger partial charge in [-0.05, 0) is 0 Å². The summed E-state index contributed by atoms with van der Waals surface area (Å²) in [6.07, 6.45) is -1.42. The van der Waals surface area contributed by atoms with Crippen LogP contribution in [0.1, 0.15) is 9.08 Å². The van der Waals surface area contributed by atoms with Crippen LogP contribution in [0.15, 0.2) is 12.7 Å². The summed E-state index contributed by atoms with van der Waals surface area (Å²) in [5.74, 6) is 0.218. The van der Waals surface area contributed by atoms with Gasteiger partial charge in [-0.2, -0.15) is 0 Å². The fourth-order valence-electron chi connectivity index (χ4n) is 2.17. The molecule has 0 aliphatic carbocycles. The molecule has 1 aliphatic heterocycles. The molecule has 0 spiro atoms. The van der Waals surface area contributed by atoms with E-state index in [-0.39, 0.29) is 67.8 Å². The number of hydrogen-bond acceptors (Lipinski definition) is 8. The molecule has 4 atom stereocenters. The van der Waals surface area contributed by atoms with E-state index in [1.165, 1.54) is 17.2 Å². The molecule has 9 nitrogen and oxygen atoms in total. The van der Waals surface area contributed by atoms with Gasteiger partial charge in [0.2, 0.25) is 0 Å². The number of nitrogen functional groups attached to an aromatic ring is 1. The van der Waals surface area contributed by atoms with E-state index < -0.39 is 31.1 Å². The van der Waals surface area contributed by atoms with Crippen LogP contribution in [-0.4, -0.2) is 59.8 Å². The number of rotatable bonds is 2. The van der Waals surface area contributed by atoms with Gasteiger partial charge in [0, 0.05) is 0 Å². The number of nitrogens with zero attached hydrogens (tertiary/aromatic N) is 4. The second-order valence-corrected chi connectivity index (χ2v) is 4.31. The number of fused-ring (bicyclic) bond motifs is 1. The van der Waals surface area contributed by atoms with Crippen molar-refractivity contribution in [1.82, 2.24) is 19.5 Å². The minimum atomic E-state index is -1.19. The van der Waals surface area contributed by atoms with Gasteiger partial charge in [-0.25, -0.2) is 15.0 Å². The van der Waals surface area contributed by atoms with Crippen molar-refractivity contribution in [2.75, 3.05) is 12.3 Å². The molecule has 3 rings (SSSR count). The van der Waals surface area contributed by atoms with E-state index in [2.05, 4.69) is 15.0 Å². The summed E-state index contributed by atoms with van der Waals surface area (Å²) in [4.78, 5) is 11.9. The third kappa shape index (κ3) is 3.27. The van der Waals surface area contributed by atoms with Crippen LogP contribution in [0.3, 0.4) is 0 Å². The summed E-state index contributed by atoms with van der Waals surface area (Å²) in [6.45, 7) is -0.390. The molecule has 11 heteroatoms. The minimum absolute atomic E-state index is 0. The smallest absolute Gasteiger partial charge is 1.00 e. The molecule has 1 aliphatic rings. The van der Waals surface area contributed by atoms with Gasteiger partial charge < -0.3 is 28.6 Å². The average Bonchev–Trinajstić information content (AvgIpc) is 2.94. The monoisotopic (exact) mass is 315 g/mol. The second kappa shape index (κ2) is 7.64. The zero-order valence-electron chi connectivity index (χ0n) is 13.8. The van der Waals surface area contributed by atoms with Gasteiger partial charge >= 0.3 is 59.1 Å². The first-order chi connectivity index (χ1) is 9.13. The summed E-state index contributed by atoms with van der Waals surface area (Å²) in [6, 6.07) is 0. The molecule has 0 saturated carbocycles. The predicted molar refractivity (Wildman–Crippen MR) is 65.0 cm³/mol. The number of imidazole rings is 1. The van der Waals surface area contributed by atoms with Crippen LogP contribution in [0.4, 0.5) is 5.82 Å². The van der Waals surface area contributed by atoms with E-state index in [1.807, 2.05) is 0 Å². The zero-order chi connectivity index (χ0) is 13.6. The molecule has 0 aromatic carbocycles. The van der Waals surface area contributed by atoms with Crippen LogP contribution in [0.5, 0.6) is 0 Å². The maximum Gasteiger partial charge on any atom is 1.00 e. The van der Waals surface area contributed by atoms with Crippen LogP contribution in [-0.2, 0) is 4.74 Å². The van der Waals surface area contributed by atoms with Gasteiger partial charge in [-0.15, -0.1) is 0 Å². The van der Waals surface area contributed by atoms with Crippen molar-refractivity contribution in [2.45, 2.75) is 24.5 Å². The Morgan fingerprint density at radius 3 is 2.57 bits per heavy atom. The summed E-state index contributed by atoms with van der Waals surface area (Å²) < 4.78 is 6.85. The normalized spacial score (nSPS) is 28.1. The molecule has 1 fully saturated rings. The minimum Gasteiger partial charge on any atom is -1.00 e. The first kappa shape index (κ1) is 19.2. The van der Waals surface area contributed by atoms with Crippen LogP contribution in [0.2, 0.25) is 0 Å². The third-order valence-electron chi connectivity index (χ3n) is 3.18. The number of ether oxygens (including phenoxy) is 1. The van der Waals surface area contributed by atoms with Gasteiger partial charge in [-0.1, -0.05) is 0 Å². The zero-order valence-corrected chi connectivity index (χ0v) is 15.8. The second-order valence-electron chi connectivity index (χ2n) is 4.31. The molecule has 0 bridgehead atoms. The van der Waals surface area contributed by atoms with Crippen molar-refractivity contribution >= 4 is 17.0 Å². The quantitative estimate of drug-likeness (QED) is 0.401. The van der Waals surface area contributed by atoms with Crippen molar-refractivity contribution < 1.29 is 82.0 Å². The summed E-state index contributed by atoms with van der Waals surface area (Å²) in [5.41, 5.74) is 6.44. The molecule has 5 N–H and O–H groups in total. The maximum atomic E-state index is 9.95. The SMILES string of the molecule is Nc1ncnc2c1ncn2[C@@H]1O[C@H](CO)[C@@H](O)[C@H]1O.[H-].[H-].[Na+].[Na+]. The number of nitrogens with two attached hydrogens (primary N) is 1. The molecule has 1 saturated heterocycles. The number of aliphatic hydroxyl groups is 3. The topological polar surface area (TPSA) is 140 Å². The Balaban J connectivity index is 0. The maximum absolute atomic E-state index is 9.95. The Bertz CT molecular complexity index is 622. The molecule has 106 valence electrons. The van der Waals surface area contributed by atoms with E-state index in [0.717, 1.165) is 0 Å². The van der Waals surface area contributed by atoms with Crippen LogP contribution in [0.25, 0.3) is 11.2 Å². The number of hydrogen-bond donors (Lipinski definition) is 4. The van der Waals surface area contributed by atoms with Gasteiger partial charge in [0.05, 0.1) is 12.9 Å². The van der Waals surface area contributed by atoms with E-state index in [1.54, 1.807) is 0 Å². The van der Waals surface area contributed by atoms with Crippen LogP contribution < -0.4 is 64.8 Å². The van der Waals surface area contributed by atoms with Crippen molar-refractivity contribution in [2.24, 2.45) is 0 Å². The molecule has 0 unspecified atom stereocenters. The first-order valence-electron chi connectivity index (χ1n) is 5.69. The fourth-order valence-corrected chi connectivity index (χ4v) is 2.17. The molecule has 0 radical (unpaired) electrons. The van der Waals surface area contributed by atoms with E-state index >= 15 is 0 Å². The Hall–Kier alpha value is 0.190. The van der Waals surface area contributed by atoms with Crippen molar-refractivity contribution in [1.29, 1.82) is 0 Å². The number of anilines is 1. The summed E-state index contributed by atoms with van der Waals surface area (Å²) in [5, 5.41) is 28.7. The Morgan fingerprint density at radius 1 is 1.24 bits per heavy atom. The van der Waals surface area contributed by atoms with Crippen molar-refractivity contribution in [3.63, 3.8) is 0 Å². The standard InChI is InChI=1S/C10H13N5O4.2Na.2H/c11-8-5-9(13-2-12-8)15(3-14-5)10-7(18)6(17)4(1-16)19-10;;;;/h2-4,6-7,10,16-18H,1H2,(H2,11,12,13);;;;/q;2*+1;2*-1/t4-,6-,7-,10-;;;;/m1..../s1. The molecule has 3 heterocycles. The van der Waals surface area contributed by atoms with Gasteiger partial charge in [-0.3, -0.25) is 4.57 Å². The largest absolute Gasteiger partial charge is 1.00 e. The van der Waals surface area contributed by atoms with Gasteiger partial charge in [0.1, 0.15) is 30.2 Å². The molecule has 0 amide bonds. The number of aromatic nitrogens is 4. The third-order valence-corrected chi connectivity index (χ3v) is 3.18. The van der Waals surface area contributed by atoms with Crippen molar-refractivity contribution in [3.05, 3.63) is 12.7 Å². The summed E-state index contributed by atoms with van der Waals surface area (Å²) >= 11 is 0. The van der Waals surface area contributed by atoms with Crippen molar-refractivity contribution in [3.8, 4) is 0 Å². The van der Waals surface area contributed by atoms with E-state index in [9.17, 15) is 10.2 Å². The molecule has 21 heavy (non-hydrogen) atoms. The Kier molecular flexibility index (Phi) is 7.00. The Morgan fingerprint density at radius 2 is 1.95 bits per heavy atom. The van der Waals surface area contributed by atoms with Gasteiger partial charge in [0.15, 0.2) is 17.7 Å². The van der Waals surface area contributed by atoms with Gasteiger partial charge in [0.25, 0.3) is 0 Å². The van der Waals surface area contributed by atoms with E-state index in [0.29, 0.717) is 11.2 Å². The molecule has 2 aromatic heterocycles. The fraction of sp³-hybridized carbons (Fsp3) is 0.500. The Labute approximate surface area is 167 Å². The summed E-state index contributed by atoms with van der Waals surface area (Å²) in [7, 11) is 0. The molecular formula is C10H15N5Na2O4. The van der Waals surface area contributed by atoms with Crippen LogP contribution in [0, 0.1) is 0 Å². The first-order valence-corrected chi connectivity index (χ1v) is 5.69.